The second-order valence-electron chi connectivity index (χ2n) is 4.98. The number of benzene rings is 1. The van der Waals surface area contributed by atoms with Crippen LogP contribution >= 0.6 is 12.2 Å². The van der Waals surface area contributed by atoms with Crippen LogP contribution in [0.5, 0.6) is 0 Å². The Labute approximate surface area is 134 Å². The second-order valence-corrected chi connectivity index (χ2v) is 5.22. The molecule has 0 saturated carbocycles. The molecule has 5 nitrogen and oxygen atoms in total. The molecule has 1 aromatic carbocycles. The molecular weight excluding hydrogens is 294 g/mol. The van der Waals surface area contributed by atoms with Gasteiger partial charge in [0.25, 0.3) is 0 Å². The van der Waals surface area contributed by atoms with Gasteiger partial charge >= 0.3 is 0 Å². The Hall–Kier alpha value is -2.60. The molecule has 0 unspecified atom stereocenters. The molecule has 2 aromatic heterocycles. The summed E-state index contributed by atoms with van der Waals surface area (Å²) in [5, 5.41) is 7.14. The fourth-order valence-electron chi connectivity index (χ4n) is 2.16. The first kappa shape index (κ1) is 14.3. The number of anilines is 1. The molecule has 22 heavy (non-hydrogen) atoms. The van der Waals surface area contributed by atoms with Gasteiger partial charge in [-0.15, -0.1) is 0 Å². The Balaban J connectivity index is 2.10. The predicted octanol–water partition coefficient (Wildman–Crippen LogP) is 3.22. The number of aryl methyl sites for hydroxylation is 2. The first-order valence-electron chi connectivity index (χ1n) is 6.80. The van der Waals surface area contributed by atoms with Crippen LogP contribution in [0, 0.1) is 6.92 Å². The molecule has 110 valence electrons. The van der Waals surface area contributed by atoms with Gasteiger partial charge in [-0.2, -0.15) is 5.10 Å². The summed E-state index contributed by atoms with van der Waals surface area (Å²) < 4.78 is 1.73. The average molecular weight is 309 g/mol. The Morgan fingerprint density at radius 1 is 1.14 bits per heavy atom. The highest BCUT2D eigenvalue weighted by Crippen LogP contribution is 2.27. The van der Waals surface area contributed by atoms with E-state index < -0.39 is 0 Å². The van der Waals surface area contributed by atoms with Crippen LogP contribution in [0.2, 0.25) is 0 Å². The molecule has 0 fully saturated rings. The summed E-state index contributed by atoms with van der Waals surface area (Å²) in [6, 6.07) is 8.20. The minimum Gasteiger partial charge on any atom is -0.336 e. The van der Waals surface area contributed by atoms with E-state index in [-0.39, 0.29) is 0 Å². The van der Waals surface area contributed by atoms with Gasteiger partial charge < -0.3 is 5.32 Å². The SMILES string of the molecule is Cc1ccc(-c2cnc(NC=S)c(-c3cnn(C)c3)n2)cc1. The third kappa shape index (κ3) is 2.87. The van der Waals surface area contributed by atoms with Gasteiger partial charge in [0.2, 0.25) is 0 Å². The summed E-state index contributed by atoms with van der Waals surface area (Å²) in [7, 11) is 1.87. The van der Waals surface area contributed by atoms with E-state index in [0.29, 0.717) is 5.82 Å². The highest BCUT2D eigenvalue weighted by atomic mass is 32.1. The summed E-state index contributed by atoms with van der Waals surface area (Å²) >= 11 is 4.86. The standard InChI is InChI=1S/C16H15N5S/c1-11-3-5-12(6-4-11)14-8-17-16(18-10-22)15(20-14)13-7-19-21(2)9-13/h3-10H,1-2H3,(H,17,18,22). The zero-order valence-corrected chi connectivity index (χ0v) is 13.1. The van der Waals surface area contributed by atoms with Crippen LogP contribution in [0.1, 0.15) is 5.56 Å². The Morgan fingerprint density at radius 2 is 1.91 bits per heavy atom. The van der Waals surface area contributed by atoms with Gasteiger partial charge in [-0.25, -0.2) is 9.97 Å². The van der Waals surface area contributed by atoms with Crippen LogP contribution in [-0.2, 0) is 7.05 Å². The molecule has 0 aliphatic carbocycles. The van der Waals surface area contributed by atoms with Gasteiger partial charge in [0.05, 0.1) is 23.6 Å². The topological polar surface area (TPSA) is 55.6 Å². The highest BCUT2D eigenvalue weighted by Gasteiger charge is 2.12. The molecule has 1 N–H and O–H groups in total. The monoisotopic (exact) mass is 309 g/mol. The van der Waals surface area contributed by atoms with Crippen molar-refractivity contribution in [3.63, 3.8) is 0 Å². The first-order valence-corrected chi connectivity index (χ1v) is 7.28. The molecule has 6 heteroatoms. The molecule has 3 rings (SSSR count). The normalized spacial score (nSPS) is 10.5. The van der Waals surface area contributed by atoms with Gasteiger partial charge in [0.15, 0.2) is 5.82 Å². The minimum absolute atomic E-state index is 0.624. The maximum atomic E-state index is 4.86. The lowest BCUT2D eigenvalue weighted by atomic mass is 10.1. The molecule has 0 bridgehead atoms. The number of hydrogen-bond acceptors (Lipinski definition) is 4. The summed E-state index contributed by atoms with van der Waals surface area (Å²) in [5.41, 5.74) is 6.10. The van der Waals surface area contributed by atoms with Crippen LogP contribution in [-0.4, -0.2) is 25.2 Å². The molecule has 0 saturated heterocycles. The highest BCUT2D eigenvalue weighted by molar-refractivity contribution is 7.79. The molecule has 0 aliphatic rings. The van der Waals surface area contributed by atoms with Crippen molar-refractivity contribution in [3.05, 3.63) is 48.4 Å². The molecule has 0 radical (unpaired) electrons. The molecule has 0 atom stereocenters. The van der Waals surface area contributed by atoms with E-state index in [2.05, 4.69) is 34.5 Å². The lowest BCUT2D eigenvalue weighted by molar-refractivity contribution is 0.768. The lowest BCUT2D eigenvalue weighted by Crippen LogP contribution is -2.01. The quantitative estimate of drug-likeness (QED) is 0.750. The van der Waals surface area contributed by atoms with E-state index in [1.54, 1.807) is 17.1 Å². The summed E-state index contributed by atoms with van der Waals surface area (Å²) in [6.45, 7) is 2.06. The van der Waals surface area contributed by atoms with Crippen molar-refractivity contribution in [2.24, 2.45) is 7.05 Å². The van der Waals surface area contributed by atoms with E-state index >= 15 is 0 Å². The van der Waals surface area contributed by atoms with Gasteiger partial charge in [-0.05, 0) is 6.92 Å². The van der Waals surface area contributed by atoms with Gasteiger partial charge in [0.1, 0.15) is 5.69 Å². The number of nitrogens with one attached hydrogen (secondary N) is 1. The third-order valence-corrected chi connectivity index (χ3v) is 3.41. The number of hydrogen-bond donors (Lipinski definition) is 1. The number of nitrogens with zero attached hydrogens (tertiary/aromatic N) is 4. The van der Waals surface area contributed by atoms with Crippen molar-refractivity contribution in [3.8, 4) is 22.5 Å². The van der Waals surface area contributed by atoms with Gasteiger partial charge in [-0.1, -0.05) is 42.0 Å². The number of rotatable bonds is 4. The lowest BCUT2D eigenvalue weighted by Gasteiger charge is -2.08. The smallest absolute Gasteiger partial charge is 0.157 e. The Bertz CT molecular complexity index is 808. The van der Waals surface area contributed by atoms with E-state index in [0.717, 1.165) is 22.5 Å². The molecule has 0 amide bonds. The minimum atomic E-state index is 0.624. The first-order chi connectivity index (χ1) is 10.7. The van der Waals surface area contributed by atoms with Crippen LogP contribution in [0.15, 0.2) is 42.9 Å². The predicted molar refractivity (Wildman–Crippen MR) is 91.7 cm³/mol. The Morgan fingerprint density at radius 3 is 2.55 bits per heavy atom. The molecule has 0 aliphatic heterocycles. The van der Waals surface area contributed by atoms with E-state index in [9.17, 15) is 0 Å². The summed E-state index contributed by atoms with van der Waals surface area (Å²) in [4.78, 5) is 9.17. The van der Waals surface area contributed by atoms with Crippen molar-refractivity contribution in [1.29, 1.82) is 0 Å². The fourth-order valence-corrected chi connectivity index (χ4v) is 2.27. The molecule has 2 heterocycles. The van der Waals surface area contributed by atoms with Gasteiger partial charge in [0, 0.05) is 24.4 Å². The van der Waals surface area contributed by atoms with Crippen molar-refractivity contribution in [2.75, 3.05) is 5.32 Å². The van der Waals surface area contributed by atoms with E-state index in [1.165, 1.54) is 11.1 Å². The summed E-state index contributed by atoms with van der Waals surface area (Å²) in [5.74, 6) is 0.624. The van der Waals surface area contributed by atoms with Crippen molar-refractivity contribution >= 4 is 23.5 Å². The number of thiocarbonyl (C=S) groups is 1. The van der Waals surface area contributed by atoms with E-state index in [4.69, 9.17) is 17.2 Å². The summed E-state index contributed by atoms with van der Waals surface area (Å²) in [6.07, 6.45) is 5.40. The van der Waals surface area contributed by atoms with Crippen LogP contribution in [0.4, 0.5) is 5.82 Å². The van der Waals surface area contributed by atoms with E-state index in [1.807, 2.05) is 25.4 Å². The largest absolute Gasteiger partial charge is 0.336 e. The van der Waals surface area contributed by atoms with Crippen molar-refractivity contribution in [1.82, 2.24) is 19.7 Å². The van der Waals surface area contributed by atoms with Crippen LogP contribution in [0.25, 0.3) is 22.5 Å². The van der Waals surface area contributed by atoms with Crippen molar-refractivity contribution < 1.29 is 0 Å². The maximum absolute atomic E-state index is 4.86. The fraction of sp³-hybridized carbons (Fsp3) is 0.125. The van der Waals surface area contributed by atoms with Crippen LogP contribution in [0.3, 0.4) is 0 Å². The second kappa shape index (κ2) is 6.03. The molecule has 3 aromatic rings. The zero-order chi connectivity index (χ0) is 15.5. The van der Waals surface area contributed by atoms with Crippen LogP contribution < -0.4 is 5.32 Å². The Kier molecular flexibility index (Phi) is 3.93. The third-order valence-electron chi connectivity index (χ3n) is 3.29. The molecule has 0 spiro atoms. The van der Waals surface area contributed by atoms with Crippen molar-refractivity contribution in [2.45, 2.75) is 6.92 Å². The zero-order valence-electron chi connectivity index (χ0n) is 12.3. The molecular formula is C16H15N5S. The van der Waals surface area contributed by atoms with Gasteiger partial charge in [-0.3, -0.25) is 4.68 Å². The number of aromatic nitrogens is 4. The maximum Gasteiger partial charge on any atom is 0.157 e. The average Bonchev–Trinajstić information content (AvgIpc) is 2.95.